The lowest BCUT2D eigenvalue weighted by Gasteiger charge is -2.48. The van der Waals surface area contributed by atoms with Crippen molar-refractivity contribution < 1.29 is 24.1 Å². The lowest BCUT2D eigenvalue weighted by atomic mass is 9.83. The molecule has 10 heteroatoms. The minimum Gasteiger partial charge on any atom is -0.388 e. The minimum atomic E-state index is -1.06. The van der Waals surface area contributed by atoms with Crippen molar-refractivity contribution in [2.24, 2.45) is 17.2 Å². The molecule has 1 aliphatic carbocycles. The average Bonchev–Trinajstić information content (AvgIpc) is 2.65. The van der Waals surface area contributed by atoms with Crippen molar-refractivity contribution in [3.8, 4) is 0 Å². The van der Waals surface area contributed by atoms with Crippen LogP contribution in [0.5, 0.6) is 0 Å². The van der Waals surface area contributed by atoms with Crippen molar-refractivity contribution in [3.05, 3.63) is 0 Å². The number of nitrogens with zero attached hydrogens (tertiary/aromatic N) is 1. The Hall–Kier alpha value is -0.850. The van der Waals surface area contributed by atoms with E-state index in [1.807, 2.05) is 7.05 Å². The number of amides is 1. The standard InChI is InChI=1S/C17H35N5O5/c1-21-8-9-4-5-10(19)17(26-9)27-16-11(20)6-12(25-3)14(15(16)24)22(2)13(23)7-18/h9-12,14-17,21,24H,4-8,18-20H2,1-3H3/t9-,10+,11+,12-,14+,15+,16+,17+/m0/s1. The van der Waals surface area contributed by atoms with Gasteiger partial charge in [-0.05, 0) is 26.3 Å². The lowest BCUT2D eigenvalue weighted by molar-refractivity contribution is -0.254. The van der Waals surface area contributed by atoms with E-state index >= 15 is 0 Å². The summed E-state index contributed by atoms with van der Waals surface area (Å²) in [5.74, 6) is -0.296. The smallest absolute Gasteiger partial charge is 0.236 e. The fraction of sp³-hybridized carbons (Fsp3) is 0.941. The molecular weight excluding hydrogens is 354 g/mol. The number of hydrogen-bond acceptors (Lipinski definition) is 9. The maximum Gasteiger partial charge on any atom is 0.236 e. The summed E-state index contributed by atoms with van der Waals surface area (Å²) in [5.41, 5.74) is 17.9. The molecule has 0 aromatic rings. The molecule has 1 aliphatic heterocycles. The molecular formula is C17H35N5O5. The van der Waals surface area contributed by atoms with E-state index < -0.39 is 36.7 Å². The molecule has 27 heavy (non-hydrogen) atoms. The van der Waals surface area contributed by atoms with Gasteiger partial charge in [0.2, 0.25) is 5.91 Å². The van der Waals surface area contributed by atoms with Gasteiger partial charge in [0, 0.05) is 26.7 Å². The number of carbonyl (C=O) groups is 1. The van der Waals surface area contributed by atoms with Crippen LogP contribution in [0.15, 0.2) is 0 Å². The second-order valence-corrected chi connectivity index (χ2v) is 7.39. The van der Waals surface area contributed by atoms with Crippen LogP contribution >= 0.6 is 0 Å². The highest BCUT2D eigenvalue weighted by atomic mass is 16.7. The number of rotatable bonds is 7. The zero-order valence-corrected chi connectivity index (χ0v) is 16.4. The Kier molecular flexibility index (Phi) is 8.38. The summed E-state index contributed by atoms with van der Waals surface area (Å²) in [7, 11) is 4.98. The first kappa shape index (κ1) is 22.4. The molecule has 2 fully saturated rings. The van der Waals surface area contributed by atoms with Crippen LogP contribution in [0.2, 0.25) is 0 Å². The summed E-state index contributed by atoms with van der Waals surface area (Å²) in [6, 6.07) is -1.41. The molecule has 0 bridgehead atoms. The van der Waals surface area contributed by atoms with Crippen LogP contribution in [0.3, 0.4) is 0 Å². The maximum atomic E-state index is 12.1. The molecule has 2 rings (SSSR count). The highest BCUT2D eigenvalue weighted by molar-refractivity contribution is 5.78. The van der Waals surface area contributed by atoms with E-state index in [1.54, 1.807) is 7.05 Å². The quantitative estimate of drug-likeness (QED) is 0.313. The molecule has 8 atom stereocenters. The van der Waals surface area contributed by atoms with Crippen LogP contribution in [-0.4, -0.2) is 99.0 Å². The van der Waals surface area contributed by atoms with Crippen LogP contribution in [-0.2, 0) is 19.0 Å². The summed E-state index contributed by atoms with van der Waals surface area (Å²) in [6.07, 6.45) is -0.883. The van der Waals surface area contributed by atoms with E-state index in [9.17, 15) is 9.90 Å². The zero-order valence-electron chi connectivity index (χ0n) is 16.4. The van der Waals surface area contributed by atoms with Gasteiger partial charge in [-0.2, -0.15) is 0 Å². The molecule has 1 saturated heterocycles. The monoisotopic (exact) mass is 389 g/mol. The number of likely N-dealkylation sites (N-methyl/N-ethyl adjacent to an activating group) is 2. The average molecular weight is 389 g/mol. The summed E-state index contributed by atoms with van der Waals surface area (Å²) < 4.78 is 17.5. The Morgan fingerprint density at radius 2 is 2.04 bits per heavy atom. The first-order chi connectivity index (χ1) is 12.8. The fourth-order valence-corrected chi connectivity index (χ4v) is 3.95. The Morgan fingerprint density at radius 1 is 1.33 bits per heavy atom. The highest BCUT2D eigenvalue weighted by Gasteiger charge is 2.48. The molecule has 0 radical (unpaired) electrons. The SMILES string of the molecule is CNC[C@@H]1CC[C@@H](N)[C@@H](O[C@H]2[C@H](O)[C@H](N(C)C(=O)CN)[C@@H](OC)C[C@H]2N)O1. The Balaban J connectivity index is 2.13. The van der Waals surface area contributed by atoms with Crippen molar-refractivity contribution in [1.82, 2.24) is 10.2 Å². The van der Waals surface area contributed by atoms with Crippen molar-refractivity contribution in [2.45, 2.75) is 68.1 Å². The number of hydrogen-bond donors (Lipinski definition) is 5. The normalized spacial score (nSPS) is 40.0. The molecule has 0 spiro atoms. The lowest BCUT2D eigenvalue weighted by Crippen LogP contribution is -2.67. The molecule has 10 nitrogen and oxygen atoms in total. The number of carbonyl (C=O) groups excluding carboxylic acids is 1. The van der Waals surface area contributed by atoms with Gasteiger partial charge in [0.1, 0.15) is 12.2 Å². The van der Waals surface area contributed by atoms with Crippen LogP contribution in [0.25, 0.3) is 0 Å². The Labute approximate surface area is 160 Å². The van der Waals surface area contributed by atoms with E-state index in [2.05, 4.69) is 5.32 Å². The van der Waals surface area contributed by atoms with Crippen molar-refractivity contribution in [3.63, 3.8) is 0 Å². The molecule has 158 valence electrons. The van der Waals surface area contributed by atoms with E-state index in [-0.39, 0.29) is 24.6 Å². The van der Waals surface area contributed by atoms with Crippen LogP contribution in [0, 0.1) is 0 Å². The number of aliphatic hydroxyl groups is 1. The molecule has 2 aliphatic rings. The molecule has 1 saturated carbocycles. The van der Waals surface area contributed by atoms with Gasteiger partial charge in [0.25, 0.3) is 0 Å². The molecule has 8 N–H and O–H groups in total. The number of methoxy groups -OCH3 is 1. The van der Waals surface area contributed by atoms with Gasteiger partial charge in [-0.15, -0.1) is 0 Å². The molecule has 1 amide bonds. The number of nitrogens with one attached hydrogen (secondary N) is 1. The van der Waals surface area contributed by atoms with Gasteiger partial charge >= 0.3 is 0 Å². The largest absolute Gasteiger partial charge is 0.388 e. The first-order valence-corrected chi connectivity index (χ1v) is 9.47. The van der Waals surface area contributed by atoms with Gasteiger partial charge in [0.05, 0.1) is 30.8 Å². The Morgan fingerprint density at radius 3 is 2.63 bits per heavy atom. The third kappa shape index (κ3) is 5.15. The topological polar surface area (TPSA) is 158 Å². The van der Waals surface area contributed by atoms with Crippen LogP contribution < -0.4 is 22.5 Å². The van der Waals surface area contributed by atoms with E-state index in [0.717, 1.165) is 12.8 Å². The molecule has 0 aromatic heterocycles. The first-order valence-electron chi connectivity index (χ1n) is 9.47. The summed E-state index contributed by atoms with van der Waals surface area (Å²) in [5, 5.41) is 14.1. The van der Waals surface area contributed by atoms with Gasteiger partial charge in [-0.1, -0.05) is 0 Å². The van der Waals surface area contributed by atoms with Gasteiger partial charge in [0.15, 0.2) is 6.29 Å². The Bertz CT molecular complexity index is 485. The predicted molar refractivity (Wildman–Crippen MR) is 99.7 cm³/mol. The number of ether oxygens (including phenoxy) is 3. The van der Waals surface area contributed by atoms with Gasteiger partial charge in [-0.3, -0.25) is 4.79 Å². The second kappa shape index (κ2) is 10.1. The van der Waals surface area contributed by atoms with E-state index in [0.29, 0.717) is 13.0 Å². The predicted octanol–water partition coefficient (Wildman–Crippen LogP) is -2.68. The van der Waals surface area contributed by atoms with Crippen LogP contribution in [0.4, 0.5) is 0 Å². The summed E-state index contributed by atoms with van der Waals surface area (Å²) in [4.78, 5) is 13.5. The highest BCUT2D eigenvalue weighted by Crippen LogP contribution is 2.30. The summed E-state index contributed by atoms with van der Waals surface area (Å²) in [6.45, 7) is 0.532. The molecule has 0 aromatic carbocycles. The van der Waals surface area contributed by atoms with Gasteiger partial charge < -0.3 is 46.7 Å². The molecule has 0 unspecified atom stereocenters. The number of aliphatic hydroxyl groups excluding tert-OH is 1. The number of nitrogens with two attached hydrogens (primary N) is 3. The van der Waals surface area contributed by atoms with E-state index in [4.69, 9.17) is 31.4 Å². The van der Waals surface area contributed by atoms with Crippen molar-refractivity contribution in [1.29, 1.82) is 0 Å². The maximum absolute atomic E-state index is 12.1. The third-order valence-electron chi connectivity index (χ3n) is 5.53. The van der Waals surface area contributed by atoms with E-state index in [1.165, 1.54) is 12.0 Å². The summed E-state index contributed by atoms with van der Waals surface area (Å²) >= 11 is 0. The van der Waals surface area contributed by atoms with Crippen LogP contribution in [0.1, 0.15) is 19.3 Å². The third-order valence-corrected chi connectivity index (χ3v) is 5.53. The minimum absolute atomic E-state index is 0.0132. The van der Waals surface area contributed by atoms with Crippen molar-refractivity contribution in [2.75, 3.05) is 34.3 Å². The van der Waals surface area contributed by atoms with Gasteiger partial charge in [-0.25, -0.2) is 0 Å². The zero-order chi connectivity index (χ0) is 20.1. The fourth-order valence-electron chi connectivity index (χ4n) is 3.95. The molecule has 1 heterocycles. The van der Waals surface area contributed by atoms with Crippen molar-refractivity contribution >= 4 is 5.91 Å². The second-order valence-electron chi connectivity index (χ2n) is 7.39.